The van der Waals surface area contributed by atoms with Gasteiger partial charge in [-0.1, -0.05) is 12.1 Å². The molecule has 0 unspecified atom stereocenters. The zero-order valence-corrected chi connectivity index (χ0v) is 5.17. The molecule has 0 aliphatic heterocycles. The van der Waals surface area contributed by atoms with Crippen LogP contribution in [-0.2, 0) is 0 Å². The van der Waals surface area contributed by atoms with Crippen molar-refractivity contribution in [2.24, 2.45) is 0 Å². The summed E-state index contributed by atoms with van der Waals surface area (Å²) in [5.74, 6) is -0.230. The van der Waals surface area contributed by atoms with Crippen molar-refractivity contribution >= 4 is 10.8 Å². The first-order valence-electron chi connectivity index (χ1n) is 2.98. The van der Waals surface area contributed by atoms with Gasteiger partial charge < -0.3 is 4.42 Å². The van der Waals surface area contributed by atoms with Gasteiger partial charge in [-0.05, 0) is 6.07 Å². The Hall–Kier alpha value is -1.31. The molecule has 2 rings (SSSR count). The first-order chi connectivity index (χ1) is 4.88. The Morgan fingerprint density at radius 1 is 1.20 bits per heavy atom. The van der Waals surface area contributed by atoms with Gasteiger partial charge in [0.2, 0.25) is 0 Å². The number of rotatable bonds is 0. The highest BCUT2D eigenvalue weighted by Crippen LogP contribution is 2.17. The second-order valence-corrected chi connectivity index (χ2v) is 2.11. The maximum atomic E-state index is 12.8. The Bertz CT molecular complexity index is 351. The lowest BCUT2D eigenvalue weighted by atomic mass is 10.2. The molecule has 2 heteroatoms. The van der Waals surface area contributed by atoms with Crippen LogP contribution < -0.4 is 0 Å². The summed E-state index contributed by atoms with van der Waals surface area (Å²) in [6.07, 6.45) is 2.93. The Labute approximate surface area is 57.1 Å². The number of hydrogen-bond acceptors (Lipinski definition) is 1. The van der Waals surface area contributed by atoms with E-state index in [9.17, 15) is 4.39 Å². The van der Waals surface area contributed by atoms with Crippen LogP contribution in [0.15, 0.2) is 35.1 Å². The van der Waals surface area contributed by atoms with Crippen LogP contribution in [0.4, 0.5) is 4.39 Å². The van der Waals surface area contributed by atoms with Crippen LogP contribution in [0.1, 0.15) is 0 Å². The number of halogens is 1. The van der Waals surface area contributed by atoms with E-state index in [1.54, 1.807) is 6.07 Å². The number of furan rings is 1. The molecule has 0 N–H and O–H groups in total. The number of benzene rings is 1. The van der Waals surface area contributed by atoms with E-state index in [0.717, 1.165) is 5.39 Å². The maximum absolute atomic E-state index is 12.8. The second-order valence-electron chi connectivity index (χ2n) is 2.11. The van der Waals surface area contributed by atoms with E-state index in [4.69, 9.17) is 4.42 Å². The molecular weight excluding hydrogens is 131 g/mol. The number of fused-ring (bicyclic) bond motifs is 1. The first kappa shape index (κ1) is 5.47. The van der Waals surface area contributed by atoms with Gasteiger partial charge in [0.15, 0.2) is 0 Å². The molecule has 0 saturated heterocycles. The predicted octanol–water partition coefficient (Wildman–Crippen LogP) is 2.57. The van der Waals surface area contributed by atoms with E-state index in [-0.39, 0.29) is 5.82 Å². The van der Waals surface area contributed by atoms with E-state index in [1.807, 2.05) is 6.07 Å². The monoisotopic (exact) mass is 136 g/mol. The highest BCUT2D eigenvalue weighted by molar-refractivity contribution is 5.81. The minimum atomic E-state index is -0.230. The fourth-order valence-electron chi connectivity index (χ4n) is 0.956. The number of hydrogen-bond donors (Lipinski definition) is 0. The van der Waals surface area contributed by atoms with Crippen LogP contribution in [0.25, 0.3) is 10.8 Å². The van der Waals surface area contributed by atoms with Gasteiger partial charge in [0.25, 0.3) is 0 Å². The molecule has 0 spiro atoms. The van der Waals surface area contributed by atoms with Crippen molar-refractivity contribution < 1.29 is 8.81 Å². The van der Waals surface area contributed by atoms with Crippen molar-refractivity contribution in [3.05, 3.63) is 36.5 Å². The maximum Gasteiger partial charge on any atom is 0.134 e. The van der Waals surface area contributed by atoms with E-state index in [2.05, 4.69) is 0 Å². The molecule has 0 aliphatic carbocycles. The molecule has 2 aromatic rings. The molecule has 0 bridgehead atoms. The minimum Gasteiger partial charge on any atom is -0.471 e. The van der Waals surface area contributed by atoms with Crippen molar-refractivity contribution in [1.82, 2.24) is 0 Å². The summed E-state index contributed by atoms with van der Waals surface area (Å²) in [5.41, 5.74) is 0. The molecule has 1 aromatic heterocycles. The fraction of sp³-hybridized carbons (Fsp3) is 0. The normalized spacial score (nSPS) is 10.5. The molecule has 0 aliphatic rings. The Balaban J connectivity index is 2.95. The van der Waals surface area contributed by atoms with Crippen molar-refractivity contribution in [3.8, 4) is 0 Å². The van der Waals surface area contributed by atoms with Crippen molar-refractivity contribution in [2.75, 3.05) is 0 Å². The molecule has 1 aromatic carbocycles. The summed E-state index contributed by atoms with van der Waals surface area (Å²) in [6, 6.07) is 4.88. The summed E-state index contributed by atoms with van der Waals surface area (Å²) in [6.45, 7) is 0. The van der Waals surface area contributed by atoms with Gasteiger partial charge in [0.05, 0.1) is 11.6 Å². The van der Waals surface area contributed by atoms with Gasteiger partial charge in [-0.25, -0.2) is 4.39 Å². The highest BCUT2D eigenvalue weighted by atomic mass is 19.1. The van der Waals surface area contributed by atoms with Crippen LogP contribution >= 0.6 is 0 Å². The van der Waals surface area contributed by atoms with Gasteiger partial charge in [0, 0.05) is 5.39 Å². The molecule has 0 amide bonds. The highest BCUT2D eigenvalue weighted by Gasteiger charge is 1.99. The summed E-state index contributed by atoms with van der Waals surface area (Å²) in [4.78, 5) is 0. The first-order valence-corrected chi connectivity index (χ1v) is 2.98. The van der Waals surface area contributed by atoms with E-state index >= 15 is 0 Å². The molecule has 1 heterocycles. The third kappa shape index (κ3) is 0.620. The summed E-state index contributed by atoms with van der Waals surface area (Å²) in [5, 5.41) is 1.35. The average molecular weight is 136 g/mol. The third-order valence-corrected chi connectivity index (χ3v) is 1.47. The van der Waals surface area contributed by atoms with Crippen LogP contribution in [0.3, 0.4) is 0 Å². The summed E-state index contributed by atoms with van der Waals surface area (Å²) >= 11 is 0. The van der Waals surface area contributed by atoms with Crippen molar-refractivity contribution in [3.63, 3.8) is 0 Å². The molecular formula is C8H5FO. The summed E-state index contributed by atoms with van der Waals surface area (Å²) < 4.78 is 17.6. The van der Waals surface area contributed by atoms with Gasteiger partial charge in [0.1, 0.15) is 12.1 Å². The lowest BCUT2D eigenvalue weighted by Crippen LogP contribution is -1.70. The molecule has 0 atom stereocenters. The lowest BCUT2D eigenvalue weighted by Gasteiger charge is -1.86. The van der Waals surface area contributed by atoms with Gasteiger partial charge in [-0.3, -0.25) is 0 Å². The topological polar surface area (TPSA) is 13.1 Å². The quantitative estimate of drug-likeness (QED) is 0.542. The largest absolute Gasteiger partial charge is 0.471 e. The molecule has 0 radical (unpaired) electrons. The lowest BCUT2D eigenvalue weighted by molar-refractivity contribution is 0.569. The zero-order valence-electron chi connectivity index (χ0n) is 5.17. The van der Waals surface area contributed by atoms with Crippen LogP contribution in [0.2, 0.25) is 0 Å². The average Bonchev–Trinajstić information content (AvgIpc) is 2.36. The summed E-state index contributed by atoms with van der Waals surface area (Å²) in [7, 11) is 0. The predicted molar refractivity (Wildman–Crippen MR) is 36.2 cm³/mol. The van der Waals surface area contributed by atoms with Crippen LogP contribution in [0, 0.1) is 5.82 Å². The standard InChI is InChI=1S/C8H5FO/c9-8-3-1-2-6-4-10-5-7(6)8/h1-5H. The zero-order chi connectivity index (χ0) is 6.97. The SMILES string of the molecule is Fc1cccc2cocc12. The Kier molecular flexibility index (Phi) is 1.01. The Morgan fingerprint density at radius 2 is 2.10 bits per heavy atom. The van der Waals surface area contributed by atoms with E-state index < -0.39 is 0 Å². The van der Waals surface area contributed by atoms with Crippen LogP contribution in [0.5, 0.6) is 0 Å². The Morgan fingerprint density at radius 3 is 2.90 bits per heavy atom. The molecule has 0 fully saturated rings. The molecule has 10 heavy (non-hydrogen) atoms. The molecule has 50 valence electrons. The van der Waals surface area contributed by atoms with E-state index in [0.29, 0.717) is 5.39 Å². The molecule has 1 nitrogen and oxygen atoms in total. The third-order valence-electron chi connectivity index (χ3n) is 1.47. The smallest absolute Gasteiger partial charge is 0.134 e. The fourth-order valence-corrected chi connectivity index (χ4v) is 0.956. The van der Waals surface area contributed by atoms with Crippen LogP contribution in [-0.4, -0.2) is 0 Å². The minimum absolute atomic E-state index is 0.230. The van der Waals surface area contributed by atoms with E-state index in [1.165, 1.54) is 18.6 Å². The molecule has 0 saturated carbocycles. The van der Waals surface area contributed by atoms with Gasteiger partial charge >= 0.3 is 0 Å². The van der Waals surface area contributed by atoms with Gasteiger partial charge in [-0.2, -0.15) is 0 Å². The van der Waals surface area contributed by atoms with Crippen molar-refractivity contribution in [1.29, 1.82) is 0 Å². The van der Waals surface area contributed by atoms with Gasteiger partial charge in [-0.15, -0.1) is 0 Å². The second kappa shape index (κ2) is 1.84. The van der Waals surface area contributed by atoms with Crippen molar-refractivity contribution in [2.45, 2.75) is 0 Å².